The van der Waals surface area contributed by atoms with E-state index in [1.54, 1.807) is 6.07 Å². The first-order valence-electron chi connectivity index (χ1n) is 4.57. The monoisotopic (exact) mass is 215 g/mol. The summed E-state index contributed by atoms with van der Waals surface area (Å²) in [5.74, 6) is 0. The van der Waals surface area contributed by atoms with E-state index in [0.29, 0.717) is 0 Å². The van der Waals surface area contributed by atoms with Crippen molar-refractivity contribution in [1.29, 1.82) is 10.5 Å². The van der Waals surface area contributed by atoms with Crippen molar-refractivity contribution in [2.24, 2.45) is 0 Å². The van der Waals surface area contributed by atoms with E-state index in [0.717, 1.165) is 0 Å². The molecule has 0 spiro atoms. The van der Waals surface area contributed by atoms with Crippen LogP contribution in [0, 0.1) is 32.8 Å². The predicted molar refractivity (Wildman–Crippen MR) is 56.3 cm³/mol. The highest BCUT2D eigenvalue weighted by atomic mass is 16.6. The Balaban J connectivity index is 3.38. The summed E-state index contributed by atoms with van der Waals surface area (Å²) in [4.78, 5) is 10.3. The fourth-order valence-electron chi connectivity index (χ4n) is 1.45. The number of hydrogen-bond donors (Lipinski definition) is 0. The fourth-order valence-corrected chi connectivity index (χ4v) is 1.45. The molecule has 0 amide bonds. The van der Waals surface area contributed by atoms with Crippen molar-refractivity contribution in [3.8, 4) is 12.1 Å². The number of nitro groups is 1. The van der Waals surface area contributed by atoms with Crippen LogP contribution in [0.2, 0.25) is 0 Å². The number of benzene rings is 1. The molecule has 0 bridgehead atoms. The van der Waals surface area contributed by atoms with Crippen molar-refractivity contribution >= 4 is 5.69 Å². The van der Waals surface area contributed by atoms with Gasteiger partial charge in [-0.2, -0.15) is 10.5 Å². The van der Waals surface area contributed by atoms with Crippen LogP contribution in [0.15, 0.2) is 24.3 Å². The number of para-hydroxylation sites is 1. The molecule has 1 rings (SSSR count). The average molecular weight is 215 g/mol. The number of hydrogen-bond acceptors (Lipinski definition) is 4. The average Bonchev–Trinajstić information content (AvgIpc) is 2.29. The number of nitro benzene ring substituents is 1. The van der Waals surface area contributed by atoms with E-state index in [4.69, 9.17) is 10.5 Å². The molecule has 5 nitrogen and oxygen atoms in total. The molecule has 0 fully saturated rings. The van der Waals surface area contributed by atoms with Crippen LogP contribution < -0.4 is 0 Å². The SMILES string of the molecule is CC(C#N)(CC#N)c1ccccc1[N+](=O)[O-]. The molecule has 0 aliphatic rings. The predicted octanol–water partition coefficient (Wildman–Crippen LogP) is 2.29. The van der Waals surface area contributed by atoms with Gasteiger partial charge in [0.25, 0.3) is 5.69 Å². The molecule has 1 aromatic rings. The lowest BCUT2D eigenvalue weighted by Crippen LogP contribution is -2.20. The second kappa shape index (κ2) is 4.41. The molecule has 1 atom stereocenters. The molecule has 1 aromatic carbocycles. The van der Waals surface area contributed by atoms with Gasteiger partial charge in [-0.25, -0.2) is 0 Å². The van der Waals surface area contributed by atoms with E-state index in [1.807, 2.05) is 12.1 Å². The summed E-state index contributed by atoms with van der Waals surface area (Å²) >= 11 is 0. The maximum absolute atomic E-state index is 10.8. The normalized spacial score (nSPS) is 13.2. The van der Waals surface area contributed by atoms with E-state index in [2.05, 4.69) is 0 Å². The minimum Gasteiger partial charge on any atom is -0.258 e. The van der Waals surface area contributed by atoms with Gasteiger partial charge in [-0.05, 0) is 6.92 Å². The standard InChI is InChI=1S/C11H9N3O2/c1-11(8-13,6-7-12)9-4-2-3-5-10(9)14(15)16/h2-5H,6H2,1H3. The zero-order valence-corrected chi connectivity index (χ0v) is 8.67. The van der Waals surface area contributed by atoms with Crippen LogP contribution in [0.4, 0.5) is 5.69 Å². The Morgan fingerprint density at radius 3 is 2.56 bits per heavy atom. The van der Waals surface area contributed by atoms with Crippen LogP contribution in [-0.4, -0.2) is 4.92 Å². The molecule has 0 heterocycles. The van der Waals surface area contributed by atoms with Crippen LogP contribution in [0.25, 0.3) is 0 Å². The second-order valence-electron chi connectivity index (χ2n) is 3.55. The van der Waals surface area contributed by atoms with Crippen LogP contribution in [-0.2, 0) is 5.41 Å². The van der Waals surface area contributed by atoms with Crippen molar-refractivity contribution in [2.45, 2.75) is 18.8 Å². The fraction of sp³-hybridized carbons (Fsp3) is 0.273. The highest BCUT2D eigenvalue weighted by Crippen LogP contribution is 2.33. The van der Waals surface area contributed by atoms with Crippen molar-refractivity contribution in [2.75, 3.05) is 0 Å². The summed E-state index contributed by atoms with van der Waals surface area (Å²) in [6.45, 7) is 1.53. The smallest absolute Gasteiger partial charge is 0.258 e. The van der Waals surface area contributed by atoms with Gasteiger partial charge in [0.1, 0.15) is 0 Å². The summed E-state index contributed by atoms with van der Waals surface area (Å²) in [5, 5.41) is 28.5. The van der Waals surface area contributed by atoms with Gasteiger partial charge < -0.3 is 0 Å². The summed E-state index contributed by atoms with van der Waals surface area (Å²) in [6.07, 6.45) is -0.0750. The molecule has 5 heteroatoms. The Morgan fingerprint density at radius 1 is 1.44 bits per heavy atom. The molecule has 0 N–H and O–H groups in total. The van der Waals surface area contributed by atoms with E-state index in [-0.39, 0.29) is 17.7 Å². The van der Waals surface area contributed by atoms with Crippen LogP contribution >= 0.6 is 0 Å². The zero-order valence-electron chi connectivity index (χ0n) is 8.67. The largest absolute Gasteiger partial charge is 0.274 e. The Morgan fingerprint density at radius 2 is 2.06 bits per heavy atom. The van der Waals surface area contributed by atoms with E-state index >= 15 is 0 Å². The summed E-state index contributed by atoms with van der Waals surface area (Å²) in [5.41, 5.74) is -0.982. The molecule has 0 saturated heterocycles. The van der Waals surface area contributed by atoms with Crippen LogP contribution in [0.3, 0.4) is 0 Å². The second-order valence-corrected chi connectivity index (χ2v) is 3.55. The van der Waals surface area contributed by atoms with Gasteiger partial charge in [0, 0.05) is 6.07 Å². The lowest BCUT2D eigenvalue weighted by Gasteiger charge is -2.17. The Hall–Kier alpha value is -2.40. The van der Waals surface area contributed by atoms with Crippen molar-refractivity contribution < 1.29 is 4.92 Å². The van der Waals surface area contributed by atoms with Gasteiger partial charge in [0.05, 0.1) is 34.5 Å². The first-order chi connectivity index (χ1) is 7.55. The molecule has 0 aliphatic heterocycles. The first kappa shape index (κ1) is 11.7. The molecule has 0 aromatic heterocycles. The zero-order chi connectivity index (χ0) is 12.2. The number of nitrogens with zero attached hydrogens (tertiary/aromatic N) is 3. The summed E-state index contributed by atoms with van der Waals surface area (Å²) < 4.78 is 0. The van der Waals surface area contributed by atoms with Crippen LogP contribution in [0.1, 0.15) is 18.9 Å². The molecule has 80 valence electrons. The van der Waals surface area contributed by atoms with Gasteiger partial charge in [-0.1, -0.05) is 18.2 Å². The number of rotatable bonds is 3. The quantitative estimate of drug-likeness (QED) is 0.571. The van der Waals surface area contributed by atoms with Gasteiger partial charge in [-0.15, -0.1) is 0 Å². The van der Waals surface area contributed by atoms with Gasteiger partial charge in [0.2, 0.25) is 0 Å². The Labute approximate surface area is 92.7 Å². The minimum absolute atomic E-state index is 0.0750. The maximum atomic E-state index is 10.8. The van der Waals surface area contributed by atoms with Crippen LogP contribution in [0.5, 0.6) is 0 Å². The summed E-state index contributed by atoms with van der Waals surface area (Å²) in [6, 6.07) is 9.84. The highest BCUT2D eigenvalue weighted by Gasteiger charge is 2.32. The molecular formula is C11H9N3O2. The molecule has 1 unspecified atom stereocenters. The molecule has 0 radical (unpaired) electrons. The molecule has 0 aliphatic carbocycles. The van der Waals surface area contributed by atoms with Crippen molar-refractivity contribution in [1.82, 2.24) is 0 Å². The van der Waals surface area contributed by atoms with Crippen molar-refractivity contribution in [3.05, 3.63) is 39.9 Å². The van der Waals surface area contributed by atoms with Crippen molar-refractivity contribution in [3.63, 3.8) is 0 Å². The third-order valence-corrected chi connectivity index (χ3v) is 2.37. The lowest BCUT2D eigenvalue weighted by atomic mass is 9.80. The van der Waals surface area contributed by atoms with E-state index in [9.17, 15) is 10.1 Å². The van der Waals surface area contributed by atoms with Gasteiger partial charge >= 0.3 is 0 Å². The Kier molecular flexibility index (Phi) is 3.22. The Bertz CT molecular complexity index is 499. The topological polar surface area (TPSA) is 90.7 Å². The third kappa shape index (κ3) is 1.99. The molecular weight excluding hydrogens is 206 g/mol. The highest BCUT2D eigenvalue weighted by molar-refractivity contribution is 5.48. The minimum atomic E-state index is -1.14. The number of nitriles is 2. The van der Waals surface area contributed by atoms with Gasteiger partial charge in [0.15, 0.2) is 0 Å². The molecule has 16 heavy (non-hydrogen) atoms. The third-order valence-electron chi connectivity index (χ3n) is 2.37. The van der Waals surface area contributed by atoms with Gasteiger partial charge in [-0.3, -0.25) is 10.1 Å². The first-order valence-corrected chi connectivity index (χ1v) is 4.57. The van der Waals surface area contributed by atoms with E-state index < -0.39 is 10.3 Å². The van der Waals surface area contributed by atoms with E-state index in [1.165, 1.54) is 25.1 Å². The lowest BCUT2D eigenvalue weighted by molar-refractivity contribution is -0.385. The molecule has 0 saturated carbocycles. The summed E-state index contributed by atoms with van der Waals surface area (Å²) in [7, 11) is 0. The maximum Gasteiger partial charge on any atom is 0.274 e.